The van der Waals surface area contributed by atoms with E-state index in [1.807, 2.05) is 19.1 Å². The molecule has 0 radical (unpaired) electrons. The number of nitrogens with zero attached hydrogens (tertiary/aromatic N) is 4. The van der Waals surface area contributed by atoms with Crippen LogP contribution in [-0.2, 0) is 16.4 Å². The van der Waals surface area contributed by atoms with E-state index in [-0.39, 0.29) is 35.2 Å². The fraction of sp³-hybridized carbons (Fsp3) is 0.471. The molecule has 9 heteroatoms. The molecule has 0 saturated carbocycles. The lowest BCUT2D eigenvalue weighted by Crippen LogP contribution is -2.60. The Balaban J connectivity index is 1.58. The lowest BCUT2D eigenvalue weighted by molar-refractivity contribution is 0.0279. The van der Waals surface area contributed by atoms with Gasteiger partial charge in [-0.15, -0.1) is 5.10 Å². The first kappa shape index (κ1) is 17.2. The Morgan fingerprint density at radius 3 is 2.73 bits per heavy atom. The number of sulfone groups is 1. The third-order valence-corrected chi connectivity index (χ3v) is 6.70. The van der Waals surface area contributed by atoms with Gasteiger partial charge in [0.2, 0.25) is 0 Å². The van der Waals surface area contributed by atoms with E-state index in [1.54, 1.807) is 17.0 Å². The third-order valence-electron chi connectivity index (χ3n) is 5.00. The van der Waals surface area contributed by atoms with Gasteiger partial charge in [-0.25, -0.2) is 8.42 Å². The topological polar surface area (TPSA) is 96.6 Å². The summed E-state index contributed by atoms with van der Waals surface area (Å²) >= 11 is 0. The van der Waals surface area contributed by atoms with Gasteiger partial charge in [-0.2, -0.15) is 5.10 Å². The normalized spacial score (nSPS) is 25.2. The molecule has 0 bridgehead atoms. The zero-order valence-electron chi connectivity index (χ0n) is 14.4. The molecule has 2 aromatic heterocycles. The summed E-state index contributed by atoms with van der Waals surface area (Å²) < 4.78 is 30.2. The first-order valence-corrected chi connectivity index (χ1v) is 10.3. The highest BCUT2D eigenvalue weighted by molar-refractivity contribution is 7.91. The van der Waals surface area contributed by atoms with Crippen molar-refractivity contribution in [3.8, 4) is 0 Å². The lowest BCUT2D eigenvalue weighted by atomic mass is 10.0. The molecule has 0 unspecified atom stereocenters. The highest BCUT2D eigenvalue weighted by atomic mass is 32.2. The van der Waals surface area contributed by atoms with Crippen molar-refractivity contribution in [2.45, 2.75) is 25.6 Å². The van der Waals surface area contributed by atoms with Crippen LogP contribution in [0.1, 0.15) is 22.0 Å². The Bertz CT molecular complexity index is 912. The van der Waals surface area contributed by atoms with Crippen LogP contribution in [0.15, 0.2) is 34.9 Å². The average molecular weight is 376 g/mol. The van der Waals surface area contributed by atoms with Crippen LogP contribution in [0.5, 0.6) is 0 Å². The van der Waals surface area contributed by atoms with E-state index in [0.29, 0.717) is 19.6 Å². The summed E-state index contributed by atoms with van der Waals surface area (Å²) in [5.74, 6) is 1.41. The van der Waals surface area contributed by atoms with Gasteiger partial charge < -0.3 is 9.32 Å². The number of aryl methyl sites for hydroxylation is 1. The SMILES string of the molecule is Cc1ccc(CN2CCN(C(=O)c3cccnn3)[C@@H]3CS(=O)(=O)C[C@@H]32)o1. The molecule has 1 amide bonds. The van der Waals surface area contributed by atoms with Crippen LogP contribution in [0.2, 0.25) is 0 Å². The van der Waals surface area contributed by atoms with E-state index in [2.05, 4.69) is 15.1 Å². The third kappa shape index (κ3) is 3.24. The van der Waals surface area contributed by atoms with Gasteiger partial charge in [-0.1, -0.05) is 0 Å². The second-order valence-corrected chi connectivity index (χ2v) is 8.96. The molecule has 4 rings (SSSR count). The number of fused-ring (bicyclic) bond motifs is 1. The molecule has 2 saturated heterocycles. The van der Waals surface area contributed by atoms with Gasteiger partial charge >= 0.3 is 0 Å². The molecule has 138 valence electrons. The maximum Gasteiger partial charge on any atom is 0.274 e. The van der Waals surface area contributed by atoms with E-state index >= 15 is 0 Å². The first-order valence-electron chi connectivity index (χ1n) is 8.51. The Morgan fingerprint density at radius 1 is 1.23 bits per heavy atom. The molecule has 0 aliphatic carbocycles. The number of piperazine rings is 1. The van der Waals surface area contributed by atoms with Gasteiger partial charge in [0.25, 0.3) is 5.91 Å². The quantitative estimate of drug-likeness (QED) is 0.769. The van der Waals surface area contributed by atoms with Crippen molar-refractivity contribution in [2.24, 2.45) is 0 Å². The number of amides is 1. The van der Waals surface area contributed by atoms with E-state index in [4.69, 9.17) is 4.42 Å². The van der Waals surface area contributed by atoms with Crippen LogP contribution in [0.3, 0.4) is 0 Å². The zero-order chi connectivity index (χ0) is 18.3. The highest BCUT2D eigenvalue weighted by Gasteiger charge is 2.48. The molecule has 0 N–H and O–H groups in total. The monoisotopic (exact) mass is 376 g/mol. The highest BCUT2D eigenvalue weighted by Crippen LogP contribution is 2.29. The minimum Gasteiger partial charge on any atom is -0.465 e. The Morgan fingerprint density at radius 2 is 2.04 bits per heavy atom. The number of furan rings is 1. The van der Waals surface area contributed by atoms with Crippen molar-refractivity contribution in [3.63, 3.8) is 0 Å². The number of carbonyl (C=O) groups excluding carboxylic acids is 1. The maximum absolute atomic E-state index is 12.8. The summed E-state index contributed by atoms with van der Waals surface area (Å²) in [5.41, 5.74) is 0.241. The van der Waals surface area contributed by atoms with Crippen LogP contribution in [0, 0.1) is 6.92 Å². The van der Waals surface area contributed by atoms with Gasteiger partial charge in [0.1, 0.15) is 11.5 Å². The van der Waals surface area contributed by atoms with Gasteiger partial charge in [0.15, 0.2) is 15.5 Å². The summed E-state index contributed by atoms with van der Waals surface area (Å²) in [5, 5.41) is 7.62. The van der Waals surface area contributed by atoms with Gasteiger partial charge in [0.05, 0.1) is 24.1 Å². The molecular formula is C17H20N4O4S. The number of carbonyl (C=O) groups is 1. The standard InChI is InChI=1S/C17H20N4O4S/c1-12-4-5-13(25-12)9-20-7-8-21(16-11-26(23,24)10-15(16)20)17(22)14-3-2-6-18-19-14/h2-6,15-16H,7-11H2,1H3/t15-,16+/m0/s1. The fourth-order valence-electron chi connectivity index (χ4n) is 3.81. The Kier molecular flexibility index (Phi) is 4.28. The molecule has 4 heterocycles. The molecule has 2 fully saturated rings. The Hall–Kier alpha value is -2.26. The minimum absolute atomic E-state index is 0.0165. The van der Waals surface area contributed by atoms with Gasteiger partial charge in [0, 0.05) is 25.3 Å². The van der Waals surface area contributed by atoms with Crippen LogP contribution < -0.4 is 0 Å². The summed E-state index contributed by atoms with van der Waals surface area (Å²) in [6.45, 7) is 3.45. The van der Waals surface area contributed by atoms with Crippen molar-refractivity contribution in [1.82, 2.24) is 20.0 Å². The number of aromatic nitrogens is 2. The van der Waals surface area contributed by atoms with Crippen LogP contribution >= 0.6 is 0 Å². The predicted octanol–water partition coefficient (Wildman–Crippen LogP) is 0.502. The van der Waals surface area contributed by atoms with Crippen LogP contribution in [0.25, 0.3) is 0 Å². The number of hydrogen-bond donors (Lipinski definition) is 0. The molecular weight excluding hydrogens is 356 g/mol. The van der Waals surface area contributed by atoms with Gasteiger partial charge in [-0.05, 0) is 31.2 Å². The van der Waals surface area contributed by atoms with Crippen molar-refractivity contribution >= 4 is 15.7 Å². The maximum atomic E-state index is 12.8. The first-order chi connectivity index (χ1) is 12.4. The molecule has 0 aromatic carbocycles. The van der Waals surface area contributed by atoms with E-state index < -0.39 is 9.84 Å². The summed E-state index contributed by atoms with van der Waals surface area (Å²) in [7, 11) is -3.20. The average Bonchev–Trinajstić information content (AvgIpc) is 3.17. The van der Waals surface area contributed by atoms with E-state index in [0.717, 1.165) is 11.5 Å². The predicted molar refractivity (Wildman–Crippen MR) is 93.2 cm³/mol. The fourth-order valence-corrected chi connectivity index (χ4v) is 5.82. The van der Waals surface area contributed by atoms with Crippen LogP contribution in [0.4, 0.5) is 0 Å². The smallest absolute Gasteiger partial charge is 0.274 e. The minimum atomic E-state index is -3.20. The summed E-state index contributed by atoms with van der Waals surface area (Å²) in [4.78, 5) is 16.6. The van der Waals surface area contributed by atoms with E-state index in [9.17, 15) is 13.2 Å². The molecule has 2 aliphatic heterocycles. The van der Waals surface area contributed by atoms with Gasteiger partial charge in [-0.3, -0.25) is 9.69 Å². The Labute approximate surface area is 151 Å². The largest absolute Gasteiger partial charge is 0.465 e. The van der Waals surface area contributed by atoms with Crippen molar-refractivity contribution in [2.75, 3.05) is 24.6 Å². The van der Waals surface area contributed by atoms with Crippen molar-refractivity contribution < 1.29 is 17.6 Å². The van der Waals surface area contributed by atoms with Crippen molar-refractivity contribution in [3.05, 3.63) is 47.7 Å². The van der Waals surface area contributed by atoms with E-state index in [1.165, 1.54) is 6.20 Å². The zero-order valence-corrected chi connectivity index (χ0v) is 15.2. The summed E-state index contributed by atoms with van der Waals surface area (Å²) in [6, 6.07) is 6.44. The van der Waals surface area contributed by atoms with Crippen LogP contribution in [-0.4, -0.2) is 71.0 Å². The number of rotatable bonds is 3. The second kappa shape index (κ2) is 6.48. The molecule has 2 aliphatic rings. The van der Waals surface area contributed by atoms with Crippen molar-refractivity contribution in [1.29, 1.82) is 0 Å². The number of hydrogen-bond acceptors (Lipinski definition) is 7. The lowest BCUT2D eigenvalue weighted by Gasteiger charge is -2.43. The molecule has 26 heavy (non-hydrogen) atoms. The molecule has 2 aromatic rings. The summed E-state index contributed by atoms with van der Waals surface area (Å²) in [6.07, 6.45) is 1.50. The molecule has 2 atom stereocenters. The molecule has 0 spiro atoms. The molecule has 8 nitrogen and oxygen atoms in total. The second-order valence-electron chi connectivity index (χ2n) is 6.80.